The minimum Gasteiger partial charge on any atom is -0.369 e. The van der Waals surface area contributed by atoms with Crippen LogP contribution in [0.1, 0.15) is 16.7 Å². The van der Waals surface area contributed by atoms with Gasteiger partial charge in [-0.3, -0.25) is 9.69 Å². The van der Waals surface area contributed by atoms with Gasteiger partial charge in [-0.05, 0) is 36.2 Å². The van der Waals surface area contributed by atoms with Gasteiger partial charge in [0.1, 0.15) is 0 Å². The number of hydrogen-bond acceptors (Lipinski definition) is 3. The van der Waals surface area contributed by atoms with Gasteiger partial charge in [0.05, 0.1) is 12.1 Å². The van der Waals surface area contributed by atoms with Gasteiger partial charge >= 0.3 is 6.18 Å². The van der Waals surface area contributed by atoms with Crippen LogP contribution in [0.4, 0.5) is 18.9 Å². The smallest absolute Gasteiger partial charge is 0.369 e. The molecule has 0 saturated carbocycles. The summed E-state index contributed by atoms with van der Waals surface area (Å²) >= 11 is 0. The van der Waals surface area contributed by atoms with Crippen LogP contribution in [-0.2, 0) is 17.5 Å². The summed E-state index contributed by atoms with van der Waals surface area (Å²) in [6.45, 7) is 5.64. The van der Waals surface area contributed by atoms with Crippen molar-refractivity contribution in [2.24, 2.45) is 0 Å². The van der Waals surface area contributed by atoms with Crippen molar-refractivity contribution in [3.05, 3.63) is 65.2 Å². The summed E-state index contributed by atoms with van der Waals surface area (Å²) in [6, 6.07) is 13.3. The average Bonchev–Trinajstić information content (AvgIpc) is 2.67. The molecule has 1 aliphatic heterocycles. The highest BCUT2D eigenvalue weighted by Crippen LogP contribution is 2.29. The van der Waals surface area contributed by atoms with Crippen LogP contribution >= 0.6 is 0 Å². The molecular formula is C21H24F3N3O. The van der Waals surface area contributed by atoms with Crippen molar-refractivity contribution in [3.8, 4) is 0 Å². The first-order valence-electron chi connectivity index (χ1n) is 9.29. The molecule has 0 unspecified atom stereocenters. The zero-order valence-corrected chi connectivity index (χ0v) is 15.8. The van der Waals surface area contributed by atoms with Crippen molar-refractivity contribution in [1.82, 2.24) is 10.2 Å². The number of benzene rings is 2. The molecule has 2 aromatic carbocycles. The average molecular weight is 391 g/mol. The third kappa shape index (κ3) is 5.25. The van der Waals surface area contributed by atoms with Gasteiger partial charge in [0, 0.05) is 38.4 Å². The maximum absolute atomic E-state index is 12.8. The fraction of sp³-hybridized carbons (Fsp3) is 0.381. The van der Waals surface area contributed by atoms with E-state index in [1.54, 1.807) is 6.07 Å². The maximum Gasteiger partial charge on any atom is 0.416 e. The van der Waals surface area contributed by atoms with Crippen LogP contribution < -0.4 is 10.2 Å². The third-order valence-electron chi connectivity index (χ3n) is 4.94. The van der Waals surface area contributed by atoms with Crippen LogP contribution in [-0.4, -0.2) is 43.5 Å². The minimum atomic E-state index is -4.38. The number of nitrogens with zero attached hydrogens (tertiary/aromatic N) is 2. The molecule has 0 radical (unpaired) electrons. The van der Waals surface area contributed by atoms with Gasteiger partial charge in [-0.2, -0.15) is 13.2 Å². The number of para-hydroxylation sites is 1. The lowest BCUT2D eigenvalue weighted by Gasteiger charge is -2.36. The van der Waals surface area contributed by atoms with E-state index < -0.39 is 11.7 Å². The lowest BCUT2D eigenvalue weighted by molar-refractivity contribution is -0.137. The largest absolute Gasteiger partial charge is 0.416 e. The van der Waals surface area contributed by atoms with E-state index in [0.29, 0.717) is 5.56 Å². The molecule has 3 rings (SSSR count). The van der Waals surface area contributed by atoms with Crippen LogP contribution in [0.15, 0.2) is 48.5 Å². The van der Waals surface area contributed by atoms with Crippen molar-refractivity contribution in [2.75, 3.05) is 37.6 Å². The topological polar surface area (TPSA) is 35.6 Å². The van der Waals surface area contributed by atoms with Crippen molar-refractivity contribution < 1.29 is 18.0 Å². The fourth-order valence-corrected chi connectivity index (χ4v) is 3.38. The second kappa shape index (κ2) is 8.65. The van der Waals surface area contributed by atoms with E-state index in [-0.39, 0.29) is 19.0 Å². The van der Waals surface area contributed by atoms with Crippen LogP contribution in [0.3, 0.4) is 0 Å². The molecule has 1 N–H and O–H groups in total. The predicted molar refractivity (Wildman–Crippen MR) is 103 cm³/mol. The minimum absolute atomic E-state index is 0.0892. The van der Waals surface area contributed by atoms with E-state index in [1.807, 2.05) is 12.1 Å². The molecule has 7 heteroatoms. The van der Waals surface area contributed by atoms with Crippen LogP contribution in [0, 0.1) is 6.92 Å². The second-order valence-corrected chi connectivity index (χ2v) is 7.02. The molecule has 0 spiro atoms. The van der Waals surface area contributed by atoms with Crippen LogP contribution in [0.2, 0.25) is 0 Å². The highest BCUT2D eigenvalue weighted by molar-refractivity contribution is 5.78. The molecule has 1 saturated heterocycles. The highest BCUT2D eigenvalue weighted by atomic mass is 19.4. The molecular weight excluding hydrogens is 367 g/mol. The monoisotopic (exact) mass is 391 g/mol. The van der Waals surface area contributed by atoms with Gasteiger partial charge in [0.2, 0.25) is 5.91 Å². The number of aryl methyl sites for hydroxylation is 1. The molecule has 1 aliphatic rings. The standard InChI is InChI=1S/C21H24F3N3O/c1-16-5-2-3-8-19(16)27-11-9-26(10-12-27)15-20(28)25-14-17-6-4-7-18(13-17)21(22,23)24/h2-8,13H,9-12,14-15H2,1H3,(H,25,28). The molecule has 150 valence electrons. The van der Waals surface area contributed by atoms with E-state index in [1.165, 1.54) is 17.3 Å². The van der Waals surface area contributed by atoms with Gasteiger partial charge in [-0.25, -0.2) is 0 Å². The summed E-state index contributed by atoms with van der Waals surface area (Å²) in [5.74, 6) is -0.179. The van der Waals surface area contributed by atoms with Crippen LogP contribution in [0.25, 0.3) is 0 Å². The Morgan fingerprint density at radius 3 is 2.43 bits per heavy atom. The van der Waals surface area contributed by atoms with E-state index in [0.717, 1.165) is 38.3 Å². The van der Waals surface area contributed by atoms with Gasteiger partial charge in [-0.1, -0.05) is 30.3 Å². The number of amides is 1. The Hall–Kier alpha value is -2.54. The van der Waals surface area contributed by atoms with Gasteiger partial charge in [0.25, 0.3) is 0 Å². The van der Waals surface area contributed by atoms with E-state index in [2.05, 4.69) is 34.2 Å². The molecule has 1 heterocycles. The normalized spacial score (nSPS) is 15.5. The summed E-state index contributed by atoms with van der Waals surface area (Å²) < 4.78 is 38.3. The Morgan fingerprint density at radius 1 is 1.04 bits per heavy atom. The van der Waals surface area contributed by atoms with E-state index in [4.69, 9.17) is 0 Å². The number of rotatable bonds is 5. The first kappa shape index (κ1) is 20.2. The number of anilines is 1. The third-order valence-corrected chi connectivity index (χ3v) is 4.94. The number of alkyl halides is 3. The summed E-state index contributed by atoms with van der Waals surface area (Å²) in [5, 5.41) is 2.72. The highest BCUT2D eigenvalue weighted by Gasteiger charge is 2.30. The van der Waals surface area contributed by atoms with Gasteiger partial charge in [-0.15, -0.1) is 0 Å². The Morgan fingerprint density at radius 2 is 1.75 bits per heavy atom. The van der Waals surface area contributed by atoms with Crippen LogP contribution in [0.5, 0.6) is 0 Å². The molecule has 1 fully saturated rings. The molecule has 4 nitrogen and oxygen atoms in total. The molecule has 0 atom stereocenters. The van der Waals surface area contributed by atoms with Crippen molar-refractivity contribution in [3.63, 3.8) is 0 Å². The molecule has 1 amide bonds. The maximum atomic E-state index is 12.8. The van der Waals surface area contributed by atoms with Crippen molar-refractivity contribution in [1.29, 1.82) is 0 Å². The van der Waals surface area contributed by atoms with Crippen molar-refractivity contribution >= 4 is 11.6 Å². The first-order valence-corrected chi connectivity index (χ1v) is 9.29. The Bertz CT molecular complexity index is 815. The predicted octanol–water partition coefficient (Wildman–Crippen LogP) is 3.45. The fourth-order valence-electron chi connectivity index (χ4n) is 3.38. The van der Waals surface area contributed by atoms with E-state index >= 15 is 0 Å². The summed E-state index contributed by atoms with van der Waals surface area (Å²) in [6.07, 6.45) is -4.38. The SMILES string of the molecule is Cc1ccccc1N1CCN(CC(=O)NCc2cccc(C(F)(F)F)c2)CC1. The summed E-state index contributed by atoms with van der Waals surface area (Å²) in [7, 11) is 0. The zero-order chi connectivity index (χ0) is 20.1. The lowest BCUT2D eigenvalue weighted by Crippen LogP contribution is -2.49. The second-order valence-electron chi connectivity index (χ2n) is 7.02. The Kier molecular flexibility index (Phi) is 6.24. The molecule has 2 aromatic rings. The number of piperazine rings is 1. The summed E-state index contributed by atoms with van der Waals surface area (Å²) in [5.41, 5.74) is 2.19. The quantitative estimate of drug-likeness (QED) is 0.848. The zero-order valence-electron chi connectivity index (χ0n) is 15.8. The summed E-state index contributed by atoms with van der Waals surface area (Å²) in [4.78, 5) is 16.6. The van der Waals surface area contributed by atoms with Gasteiger partial charge < -0.3 is 10.2 Å². The van der Waals surface area contributed by atoms with E-state index in [9.17, 15) is 18.0 Å². The van der Waals surface area contributed by atoms with Gasteiger partial charge in [0.15, 0.2) is 0 Å². The van der Waals surface area contributed by atoms with Crippen molar-refractivity contribution in [2.45, 2.75) is 19.6 Å². The molecule has 0 aromatic heterocycles. The molecule has 0 bridgehead atoms. The molecule has 28 heavy (non-hydrogen) atoms. The Balaban J connectivity index is 1.46. The number of carbonyl (C=O) groups is 1. The lowest BCUT2D eigenvalue weighted by atomic mass is 10.1. The molecule has 0 aliphatic carbocycles. The first-order chi connectivity index (χ1) is 13.3. The number of halogens is 3. The number of carbonyl (C=O) groups excluding carboxylic acids is 1. The Labute approximate surface area is 162 Å². The number of nitrogens with one attached hydrogen (secondary N) is 1. The number of hydrogen-bond donors (Lipinski definition) is 1.